The topological polar surface area (TPSA) is 53.4 Å². The summed E-state index contributed by atoms with van der Waals surface area (Å²) in [5.74, 6) is -0.734. The monoisotopic (exact) mass is 268 g/mol. The fourth-order valence-corrected chi connectivity index (χ4v) is 2.57. The number of hydrogen-bond acceptors (Lipinski definition) is 3. The molecule has 0 amide bonds. The molecule has 0 bridgehead atoms. The molecule has 1 aliphatic rings. The Morgan fingerprint density at radius 3 is 3.06 bits per heavy atom. The van der Waals surface area contributed by atoms with Gasteiger partial charge >= 0.3 is 5.97 Å². The highest BCUT2D eigenvalue weighted by Gasteiger charge is 2.27. The smallest absolute Gasteiger partial charge is 0.320 e. The van der Waals surface area contributed by atoms with Gasteiger partial charge in [0.25, 0.3) is 0 Å². The normalized spacial score (nSPS) is 21.5. The van der Waals surface area contributed by atoms with E-state index in [1.54, 1.807) is 12.4 Å². The van der Waals surface area contributed by atoms with E-state index in [4.69, 9.17) is 11.6 Å². The van der Waals surface area contributed by atoms with Crippen LogP contribution in [0, 0.1) is 0 Å². The van der Waals surface area contributed by atoms with Crippen molar-refractivity contribution in [1.29, 1.82) is 0 Å². The first-order valence-corrected chi connectivity index (χ1v) is 6.61. The molecule has 2 rings (SSSR count). The van der Waals surface area contributed by atoms with E-state index in [1.807, 2.05) is 11.0 Å². The maximum absolute atomic E-state index is 11.3. The van der Waals surface area contributed by atoms with Crippen molar-refractivity contribution in [2.24, 2.45) is 0 Å². The lowest BCUT2D eigenvalue weighted by Gasteiger charge is -2.26. The van der Waals surface area contributed by atoms with Crippen LogP contribution in [0.3, 0.4) is 0 Å². The summed E-state index contributed by atoms with van der Waals surface area (Å²) in [6.45, 7) is 1.40. The predicted octanol–water partition coefficient (Wildman–Crippen LogP) is 2.56. The third-order valence-corrected chi connectivity index (χ3v) is 3.72. The molecule has 1 atom stereocenters. The van der Waals surface area contributed by atoms with E-state index < -0.39 is 12.0 Å². The molecular formula is C13H17ClN2O2. The molecule has 98 valence electrons. The maximum atomic E-state index is 11.3. The molecule has 1 N–H and O–H groups in total. The number of pyridine rings is 1. The van der Waals surface area contributed by atoms with Crippen molar-refractivity contribution in [3.05, 3.63) is 29.0 Å². The molecule has 1 aliphatic heterocycles. The standard InChI is InChI=1S/C13H17ClN2O2/c14-11-8-15-6-5-10(11)9-16-7-3-1-2-4-12(16)13(17)18/h5-6,8,12H,1-4,7,9H2,(H,17,18). The van der Waals surface area contributed by atoms with Gasteiger partial charge in [0, 0.05) is 18.9 Å². The van der Waals surface area contributed by atoms with Crippen molar-refractivity contribution in [3.8, 4) is 0 Å². The minimum absolute atomic E-state index is 0.392. The summed E-state index contributed by atoms with van der Waals surface area (Å²) in [5, 5.41) is 9.90. The first-order valence-electron chi connectivity index (χ1n) is 6.23. The van der Waals surface area contributed by atoms with Gasteiger partial charge in [0.15, 0.2) is 0 Å². The number of nitrogens with zero attached hydrogens (tertiary/aromatic N) is 2. The number of likely N-dealkylation sites (tertiary alicyclic amines) is 1. The van der Waals surface area contributed by atoms with Gasteiger partial charge in [-0.1, -0.05) is 24.4 Å². The number of rotatable bonds is 3. The molecule has 0 radical (unpaired) electrons. The summed E-state index contributed by atoms with van der Waals surface area (Å²) in [5.41, 5.74) is 0.944. The van der Waals surface area contributed by atoms with Crippen LogP contribution in [0.5, 0.6) is 0 Å². The minimum atomic E-state index is -0.734. The highest BCUT2D eigenvalue weighted by Crippen LogP contribution is 2.22. The Morgan fingerprint density at radius 2 is 2.33 bits per heavy atom. The van der Waals surface area contributed by atoms with E-state index in [2.05, 4.69) is 4.98 Å². The van der Waals surface area contributed by atoms with Crippen LogP contribution in [0.15, 0.2) is 18.5 Å². The molecule has 1 aromatic heterocycles. The highest BCUT2D eigenvalue weighted by atomic mass is 35.5. The number of carboxylic acids is 1. The average Bonchev–Trinajstić information content (AvgIpc) is 2.57. The number of carboxylic acid groups (broad SMARTS) is 1. The molecule has 1 aromatic rings. The van der Waals surface area contributed by atoms with Crippen LogP contribution in [0.2, 0.25) is 5.02 Å². The fourth-order valence-electron chi connectivity index (χ4n) is 2.39. The first kappa shape index (κ1) is 13.3. The molecule has 5 heteroatoms. The van der Waals surface area contributed by atoms with Gasteiger partial charge in [0.2, 0.25) is 0 Å². The lowest BCUT2D eigenvalue weighted by molar-refractivity contribution is -0.143. The van der Waals surface area contributed by atoms with E-state index in [0.717, 1.165) is 37.8 Å². The van der Waals surface area contributed by atoms with Gasteiger partial charge in [-0.25, -0.2) is 0 Å². The molecule has 0 spiro atoms. The number of hydrogen-bond donors (Lipinski definition) is 1. The second kappa shape index (κ2) is 6.16. The van der Waals surface area contributed by atoms with Crippen molar-refractivity contribution in [3.63, 3.8) is 0 Å². The molecule has 1 saturated heterocycles. The highest BCUT2D eigenvalue weighted by molar-refractivity contribution is 6.31. The quantitative estimate of drug-likeness (QED) is 0.915. The summed E-state index contributed by atoms with van der Waals surface area (Å²) in [4.78, 5) is 17.3. The molecular weight excluding hydrogens is 252 g/mol. The Balaban J connectivity index is 2.14. The Bertz CT molecular complexity index is 425. The van der Waals surface area contributed by atoms with Gasteiger partial charge in [0.05, 0.1) is 5.02 Å². The second-order valence-corrected chi connectivity index (χ2v) is 5.05. The Morgan fingerprint density at radius 1 is 1.50 bits per heavy atom. The third kappa shape index (κ3) is 3.21. The van der Waals surface area contributed by atoms with Crippen molar-refractivity contribution < 1.29 is 9.90 Å². The van der Waals surface area contributed by atoms with Gasteiger partial charge in [-0.15, -0.1) is 0 Å². The zero-order valence-corrected chi connectivity index (χ0v) is 10.9. The molecule has 0 aromatic carbocycles. The summed E-state index contributed by atoms with van der Waals surface area (Å²) in [6.07, 6.45) is 7.14. The fraction of sp³-hybridized carbons (Fsp3) is 0.538. The molecule has 1 unspecified atom stereocenters. The molecule has 0 saturated carbocycles. The van der Waals surface area contributed by atoms with Gasteiger partial charge in [-0.3, -0.25) is 14.7 Å². The lowest BCUT2D eigenvalue weighted by Crippen LogP contribution is -2.40. The van der Waals surface area contributed by atoms with E-state index in [9.17, 15) is 9.90 Å². The summed E-state index contributed by atoms with van der Waals surface area (Å²) in [6, 6.07) is 1.46. The van der Waals surface area contributed by atoms with Crippen molar-refractivity contribution >= 4 is 17.6 Å². The Labute approximate surface area is 112 Å². The predicted molar refractivity (Wildman–Crippen MR) is 69.5 cm³/mol. The lowest BCUT2D eigenvalue weighted by atomic mass is 10.1. The number of carbonyl (C=O) groups is 1. The number of halogens is 1. The number of aliphatic carboxylic acids is 1. The van der Waals surface area contributed by atoms with Crippen LogP contribution >= 0.6 is 11.6 Å². The summed E-state index contributed by atoms with van der Waals surface area (Å²) < 4.78 is 0. The van der Waals surface area contributed by atoms with Crippen LogP contribution in [0.4, 0.5) is 0 Å². The Hall–Kier alpha value is -1.13. The van der Waals surface area contributed by atoms with Crippen LogP contribution in [-0.2, 0) is 11.3 Å². The molecule has 18 heavy (non-hydrogen) atoms. The van der Waals surface area contributed by atoms with Crippen molar-refractivity contribution in [1.82, 2.24) is 9.88 Å². The van der Waals surface area contributed by atoms with Gasteiger partial charge in [-0.2, -0.15) is 0 Å². The second-order valence-electron chi connectivity index (χ2n) is 4.64. The maximum Gasteiger partial charge on any atom is 0.320 e. The van der Waals surface area contributed by atoms with Crippen molar-refractivity contribution in [2.75, 3.05) is 6.54 Å². The van der Waals surface area contributed by atoms with Crippen LogP contribution in [-0.4, -0.2) is 33.5 Å². The number of aromatic nitrogens is 1. The van der Waals surface area contributed by atoms with Crippen LogP contribution in [0.1, 0.15) is 31.2 Å². The average molecular weight is 269 g/mol. The van der Waals surface area contributed by atoms with E-state index in [-0.39, 0.29) is 0 Å². The Kier molecular flexibility index (Phi) is 4.55. The first-order chi connectivity index (χ1) is 8.68. The minimum Gasteiger partial charge on any atom is -0.480 e. The largest absolute Gasteiger partial charge is 0.480 e. The summed E-state index contributed by atoms with van der Waals surface area (Å²) >= 11 is 6.07. The molecule has 4 nitrogen and oxygen atoms in total. The van der Waals surface area contributed by atoms with Gasteiger partial charge in [0.1, 0.15) is 6.04 Å². The van der Waals surface area contributed by atoms with E-state index in [0.29, 0.717) is 11.6 Å². The SMILES string of the molecule is O=C(O)C1CCCCCN1Cc1ccncc1Cl. The zero-order chi connectivity index (χ0) is 13.0. The third-order valence-electron chi connectivity index (χ3n) is 3.38. The molecule has 2 heterocycles. The molecule has 0 aliphatic carbocycles. The van der Waals surface area contributed by atoms with Gasteiger partial charge in [-0.05, 0) is 31.0 Å². The zero-order valence-electron chi connectivity index (χ0n) is 10.2. The summed E-state index contributed by atoms with van der Waals surface area (Å²) in [7, 11) is 0. The van der Waals surface area contributed by atoms with Gasteiger partial charge < -0.3 is 5.11 Å². The van der Waals surface area contributed by atoms with Crippen LogP contribution < -0.4 is 0 Å². The van der Waals surface area contributed by atoms with E-state index in [1.165, 1.54) is 0 Å². The van der Waals surface area contributed by atoms with Crippen molar-refractivity contribution in [2.45, 2.75) is 38.3 Å². The van der Waals surface area contributed by atoms with E-state index >= 15 is 0 Å². The van der Waals surface area contributed by atoms with Crippen LogP contribution in [0.25, 0.3) is 0 Å². The molecule has 1 fully saturated rings.